The number of ether oxygens (including phenoxy) is 3. The van der Waals surface area contributed by atoms with Crippen LogP contribution in [-0.4, -0.2) is 32.7 Å². The predicted molar refractivity (Wildman–Crippen MR) is 103 cm³/mol. The van der Waals surface area contributed by atoms with Crippen LogP contribution < -0.4 is 14.8 Å². The zero-order chi connectivity index (χ0) is 20.8. The molecule has 0 bridgehead atoms. The second-order valence-electron chi connectivity index (χ2n) is 5.90. The molecule has 0 spiro atoms. The zero-order valence-electron chi connectivity index (χ0n) is 15.7. The molecule has 0 saturated carbocycles. The molecule has 0 aliphatic heterocycles. The average Bonchev–Trinajstić information content (AvgIpc) is 3.22. The molecule has 0 aliphatic rings. The minimum Gasteiger partial charge on any atom is -0.497 e. The highest BCUT2D eigenvalue weighted by molar-refractivity contribution is 5.95. The van der Waals surface area contributed by atoms with E-state index in [9.17, 15) is 14.0 Å². The summed E-state index contributed by atoms with van der Waals surface area (Å²) in [5, 5.41) is 2.59. The largest absolute Gasteiger partial charge is 0.497 e. The van der Waals surface area contributed by atoms with Crippen molar-refractivity contribution >= 4 is 17.6 Å². The van der Waals surface area contributed by atoms with Gasteiger partial charge in [0.2, 0.25) is 5.76 Å². The molecule has 0 aliphatic carbocycles. The minimum absolute atomic E-state index is 0.0693. The smallest absolute Gasteiger partial charge is 0.374 e. The fourth-order valence-corrected chi connectivity index (χ4v) is 2.50. The maximum atomic E-state index is 13.0. The van der Waals surface area contributed by atoms with E-state index in [1.807, 2.05) is 0 Å². The summed E-state index contributed by atoms with van der Waals surface area (Å²) < 4.78 is 33.7. The van der Waals surface area contributed by atoms with E-state index in [-0.39, 0.29) is 11.6 Å². The van der Waals surface area contributed by atoms with Crippen molar-refractivity contribution in [1.29, 1.82) is 0 Å². The number of hydrogen-bond donors (Lipinski definition) is 1. The first-order chi connectivity index (χ1) is 14.0. The molecule has 3 rings (SSSR count). The summed E-state index contributed by atoms with van der Waals surface area (Å²) in [4.78, 5) is 24.2. The summed E-state index contributed by atoms with van der Waals surface area (Å²) in [6.45, 7) is -0.509. The number of esters is 1. The van der Waals surface area contributed by atoms with Crippen molar-refractivity contribution in [1.82, 2.24) is 0 Å². The SMILES string of the molecule is COc1cc(NC(=O)COC(=O)c2ccc(-c3ccc(F)cc3)o2)cc(OC)c1. The third-order valence-electron chi connectivity index (χ3n) is 3.91. The van der Waals surface area contributed by atoms with Crippen molar-refractivity contribution in [2.75, 3.05) is 26.1 Å². The van der Waals surface area contributed by atoms with Gasteiger partial charge in [-0.1, -0.05) is 0 Å². The summed E-state index contributed by atoms with van der Waals surface area (Å²) >= 11 is 0. The number of hydrogen-bond acceptors (Lipinski definition) is 6. The second-order valence-corrected chi connectivity index (χ2v) is 5.90. The average molecular weight is 399 g/mol. The van der Waals surface area contributed by atoms with E-state index >= 15 is 0 Å². The summed E-state index contributed by atoms with van der Waals surface area (Å²) in [6, 6.07) is 13.5. The number of anilines is 1. The number of methoxy groups -OCH3 is 2. The first kappa shape index (κ1) is 19.9. The monoisotopic (exact) mass is 399 g/mol. The first-order valence-electron chi connectivity index (χ1n) is 8.54. The number of halogens is 1. The molecule has 8 heteroatoms. The highest BCUT2D eigenvalue weighted by atomic mass is 19.1. The van der Waals surface area contributed by atoms with Gasteiger partial charge in [-0.05, 0) is 36.4 Å². The van der Waals surface area contributed by atoms with Crippen LogP contribution in [0, 0.1) is 5.82 Å². The topological polar surface area (TPSA) is 87.0 Å². The predicted octanol–water partition coefficient (Wildman–Crippen LogP) is 3.90. The van der Waals surface area contributed by atoms with E-state index in [0.29, 0.717) is 28.5 Å². The van der Waals surface area contributed by atoms with E-state index in [4.69, 9.17) is 18.6 Å². The standard InChI is InChI=1S/C21H18FNO6/c1-26-16-9-15(10-17(11-16)27-2)23-20(24)12-28-21(25)19-8-7-18(29-19)13-3-5-14(22)6-4-13/h3-11H,12H2,1-2H3,(H,23,24). The van der Waals surface area contributed by atoms with Crippen molar-refractivity contribution in [3.63, 3.8) is 0 Å². The highest BCUT2D eigenvalue weighted by Crippen LogP contribution is 2.26. The lowest BCUT2D eigenvalue weighted by Crippen LogP contribution is -2.20. The molecule has 1 aromatic heterocycles. The number of benzene rings is 2. The van der Waals surface area contributed by atoms with E-state index < -0.39 is 18.5 Å². The molecule has 7 nitrogen and oxygen atoms in total. The number of furan rings is 1. The van der Waals surface area contributed by atoms with Crippen LogP contribution in [0.15, 0.2) is 59.0 Å². The number of rotatable bonds is 7. The molecular weight excluding hydrogens is 381 g/mol. The molecular formula is C21H18FNO6. The first-order valence-corrected chi connectivity index (χ1v) is 8.54. The van der Waals surface area contributed by atoms with Crippen LogP contribution in [0.25, 0.3) is 11.3 Å². The van der Waals surface area contributed by atoms with Crippen molar-refractivity contribution in [3.8, 4) is 22.8 Å². The quantitative estimate of drug-likeness (QED) is 0.607. The van der Waals surface area contributed by atoms with Gasteiger partial charge in [0, 0.05) is 29.4 Å². The lowest BCUT2D eigenvalue weighted by atomic mass is 10.2. The zero-order valence-corrected chi connectivity index (χ0v) is 15.7. The van der Waals surface area contributed by atoms with Gasteiger partial charge < -0.3 is 23.9 Å². The third kappa shape index (κ3) is 5.13. The van der Waals surface area contributed by atoms with Gasteiger partial charge in [-0.15, -0.1) is 0 Å². The summed E-state index contributed by atoms with van der Waals surface area (Å²) in [7, 11) is 2.98. The number of carbonyl (C=O) groups is 2. The van der Waals surface area contributed by atoms with Crippen molar-refractivity contribution in [2.45, 2.75) is 0 Å². The molecule has 2 aromatic carbocycles. The number of nitrogens with one attached hydrogen (secondary N) is 1. The second kappa shape index (κ2) is 8.92. The van der Waals surface area contributed by atoms with Crippen LogP contribution in [0.1, 0.15) is 10.6 Å². The van der Waals surface area contributed by atoms with Crippen LogP contribution in [0.4, 0.5) is 10.1 Å². The molecule has 0 radical (unpaired) electrons. The van der Waals surface area contributed by atoms with Crippen molar-refractivity contribution in [3.05, 3.63) is 66.2 Å². The fourth-order valence-electron chi connectivity index (χ4n) is 2.50. The van der Waals surface area contributed by atoms with Gasteiger partial charge in [0.15, 0.2) is 6.61 Å². The minimum atomic E-state index is -0.795. The highest BCUT2D eigenvalue weighted by Gasteiger charge is 2.16. The van der Waals surface area contributed by atoms with Crippen LogP contribution in [0.2, 0.25) is 0 Å². The van der Waals surface area contributed by atoms with Gasteiger partial charge in [0.25, 0.3) is 5.91 Å². The Bertz CT molecular complexity index is 990. The number of carbonyl (C=O) groups excluding carboxylic acids is 2. The van der Waals surface area contributed by atoms with Crippen LogP contribution in [0.5, 0.6) is 11.5 Å². The Hall–Kier alpha value is -3.81. The normalized spacial score (nSPS) is 10.3. The lowest BCUT2D eigenvalue weighted by Gasteiger charge is -2.10. The van der Waals surface area contributed by atoms with Crippen LogP contribution in [0.3, 0.4) is 0 Å². The molecule has 3 aromatic rings. The molecule has 0 unspecified atom stereocenters. The fraction of sp³-hybridized carbons (Fsp3) is 0.143. The molecule has 0 atom stereocenters. The van der Waals surface area contributed by atoms with Crippen molar-refractivity contribution < 1.29 is 32.6 Å². The maximum absolute atomic E-state index is 13.0. The van der Waals surface area contributed by atoms with Gasteiger partial charge in [0.1, 0.15) is 23.1 Å². The molecule has 0 fully saturated rings. The van der Waals surface area contributed by atoms with Gasteiger partial charge in [-0.3, -0.25) is 4.79 Å². The van der Waals surface area contributed by atoms with E-state index in [0.717, 1.165) is 0 Å². The Balaban J connectivity index is 1.58. The van der Waals surface area contributed by atoms with Gasteiger partial charge in [0.05, 0.1) is 14.2 Å². The van der Waals surface area contributed by atoms with E-state index in [1.165, 1.54) is 44.6 Å². The van der Waals surface area contributed by atoms with Crippen LogP contribution >= 0.6 is 0 Å². The Kier molecular flexibility index (Phi) is 6.13. The molecule has 29 heavy (non-hydrogen) atoms. The summed E-state index contributed by atoms with van der Waals surface area (Å²) in [5.41, 5.74) is 1.04. The summed E-state index contributed by atoms with van der Waals surface area (Å²) in [6.07, 6.45) is 0. The molecule has 1 amide bonds. The molecule has 0 saturated heterocycles. The molecule has 1 N–H and O–H groups in total. The Labute approximate surface area is 166 Å². The van der Waals surface area contributed by atoms with Gasteiger partial charge in [-0.2, -0.15) is 0 Å². The Morgan fingerprint density at radius 3 is 2.24 bits per heavy atom. The molecule has 1 heterocycles. The molecule has 150 valence electrons. The van der Waals surface area contributed by atoms with E-state index in [1.54, 1.807) is 24.3 Å². The van der Waals surface area contributed by atoms with Crippen molar-refractivity contribution in [2.24, 2.45) is 0 Å². The Morgan fingerprint density at radius 2 is 1.62 bits per heavy atom. The van der Waals surface area contributed by atoms with Crippen LogP contribution in [-0.2, 0) is 9.53 Å². The van der Waals surface area contributed by atoms with Gasteiger partial charge >= 0.3 is 5.97 Å². The summed E-state index contributed by atoms with van der Waals surface area (Å²) in [5.74, 6) is -0.401. The third-order valence-corrected chi connectivity index (χ3v) is 3.91. The maximum Gasteiger partial charge on any atom is 0.374 e. The Morgan fingerprint density at radius 1 is 0.966 bits per heavy atom. The van der Waals surface area contributed by atoms with E-state index in [2.05, 4.69) is 5.32 Å². The number of amides is 1. The lowest BCUT2D eigenvalue weighted by molar-refractivity contribution is -0.119. The van der Waals surface area contributed by atoms with Gasteiger partial charge in [-0.25, -0.2) is 9.18 Å².